The van der Waals surface area contributed by atoms with Crippen molar-refractivity contribution in [3.05, 3.63) is 70.1 Å². The molecular weight excluding hydrogens is 476 g/mol. The first kappa shape index (κ1) is 27.8. The predicted molar refractivity (Wildman–Crippen MR) is 130 cm³/mol. The summed E-state index contributed by atoms with van der Waals surface area (Å²) in [5.41, 5.74) is 8.84. The first-order chi connectivity index (χ1) is 17.0. The number of azide groups is 1. The normalized spacial score (nSPS) is 10.4. The van der Waals surface area contributed by atoms with Gasteiger partial charge in [0.2, 0.25) is 5.91 Å². The third kappa shape index (κ3) is 12.0. The van der Waals surface area contributed by atoms with E-state index < -0.39 is 11.9 Å². The largest absolute Gasteiger partial charge is 0.478 e. The van der Waals surface area contributed by atoms with Gasteiger partial charge in [0, 0.05) is 28.5 Å². The number of rotatable bonds is 16. The summed E-state index contributed by atoms with van der Waals surface area (Å²) in [6.45, 7) is 1.43. The van der Waals surface area contributed by atoms with E-state index in [2.05, 4.69) is 15.3 Å². The zero-order valence-corrected chi connectivity index (χ0v) is 19.7. The van der Waals surface area contributed by atoms with Gasteiger partial charge < -0.3 is 24.6 Å². The molecule has 0 aromatic heterocycles. The number of nitrogens with zero attached hydrogens (tertiary/aromatic N) is 3. The summed E-state index contributed by atoms with van der Waals surface area (Å²) >= 11 is 1.07. The molecule has 0 saturated heterocycles. The Labute approximate surface area is 206 Å². The standard InChI is InChI=1S/C23H26N4O7S/c24-27-25-6-7-32-8-9-33-10-11-34-16-21(28)26-19-13-17(12-18(15-19)23(30)31)14-22(29)35-20-4-2-1-3-5-20/h1-5,12-13,15H,6-11,14,16H2,(H,26,28)(H,30,31). The van der Waals surface area contributed by atoms with Crippen LogP contribution in [0.25, 0.3) is 10.4 Å². The van der Waals surface area contributed by atoms with Gasteiger partial charge >= 0.3 is 5.97 Å². The van der Waals surface area contributed by atoms with E-state index in [-0.39, 0.29) is 49.2 Å². The third-order valence-corrected chi connectivity index (χ3v) is 5.10. The molecule has 11 nitrogen and oxygen atoms in total. The molecule has 0 spiro atoms. The average molecular weight is 503 g/mol. The smallest absolute Gasteiger partial charge is 0.335 e. The van der Waals surface area contributed by atoms with Crippen LogP contribution < -0.4 is 5.32 Å². The van der Waals surface area contributed by atoms with Crippen molar-refractivity contribution < 1.29 is 33.7 Å². The van der Waals surface area contributed by atoms with Crippen LogP contribution in [-0.2, 0) is 30.2 Å². The molecule has 186 valence electrons. The molecule has 2 rings (SSSR count). The molecule has 0 radical (unpaired) electrons. The Bertz CT molecular complexity index is 1030. The van der Waals surface area contributed by atoms with Gasteiger partial charge in [-0.1, -0.05) is 35.1 Å². The number of hydrogen-bond donors (Lipinski definition) is 2. The van der Waals surface area contributed by atoms with E-state index in [1.54, 1.807) is 6.07 Å². The number of ether oxygens (including phenoxy) is 3. The monoisotopic (exact) mass is 502 g/mol. The summed E-state index contributed by atoms with van der Waals surface area (Å²) in [4.78, 5) is 39.5. The van der Waals surface area contributed by atoms with Crippen molar-refractivity contribution in [3.63, 3.8) is 0 Å². The lowest BCUT2D eigenvalue weighted by molar-refractivity contribution is -0.121. The van der Waals surface area contributed by atoms with Crippen LogP contribution in [0, 0.1) is 0 Å². The molecule has 35 heavy (non-hydrogen) atoms. The van der Waals surface area contributed by atoms with Crippen LogP contribution >= 0.6 is 11.8 Å². The number of anilines is 1. The van der Waals surface area contributed by atoms with Crippen LogP contribution in [0.1, 0.15) is 15.9 Å². The quantitative estimate of drug-likeness (QED) is 0.116. The molecule has 0 heterocycles. The van der Waals surface area contributed by atoms with Gasteiger partial charge in [-0.25, -0.2) is 4.79 Å². The zero-order chi connectivity index (χ0) is 25.3. The van der Waals surface area contributed by atoms with Crippen molar-refractivity contribution in [3.8, 4) is 0 Å². The summed E-state index contributed by atoms with van der Waals surface area (Å²) in [6.07, 6.45) is 0.00659. The zero-order valence-electron chi connectivity index (χ0n) is 18.9. The van der Waals surface area contributed by atoms with Gasteiger partial charge in [0.15, 0.2) is 5.12 Å². The molecule has 2 N–H and O–H groups in total. The second-order valence-electron chi connectivity index (χ2n) is 6.97. The molecule has 2 aromatic rings. The van der Waals surface area contributed by atoms with Crippen molar-refractivity contribution in [2.75, 3.05) is 51.5 Å². The second-order valence-corrected chi connectivity index (χ2v) is 8.10. The number of carboxylic acids is 1. The average Bonchev–Trinajstić information content (AvgIpc) is 2.83. The summed E-state index contributed by atoms with van der Waals surface area (Å²) in [6, 6.07) is 13.4. The fraction of sp³-hybridized carbons (Fsp3) is 0.348. The van der Waals surface area contributed by atoms with Crippen LogP contribution in [0.2, 0.25) is 0 Å². The van der Waals surface area contributed by atoms with Crippen molar-refractivity contribution in [2.45, 2.75) is 11.3 Å². The highest BCUT2D eigenvalue weighted by atomic mass is 32.2. The molecule has 1 amide bonds. The van der Waals surface area contributed by atoms with Crippen LogP contribution in [0.5, 0.6) is 0 Å². The lowest BCUT2D eigenvalue weighted by atomic mass is 10.1. The maximum atomic E-state index is 12.4. The number of nitrogens with one attached hydrogen (secondary N) is 1. The fourth-order valence-corrected chi connectivity index (χ4v) is 3.56. The molecule has 0 unspecified atom stereocenters. The molecule has 0 aliphatic rings. The molecule has 0 fully saturated rings. The summed E-state index contributed by atoms with van der Waals surface area (Å²) < 4.78 is 15.7. The number of carboxylic acid groups (broad SMARTS) is 1. The lowest BCUT2D eigenvalue weighted by Crippen LogP contribution is -2.20. The van der Waals surface area contributed by atoms with Gasteiger partial charge in [-0.3, -0.25) is 9.59 Å². The number of benzene rings is 2. The highest BCUT2D eigenvalue weighted by Gasteiger charge is 2.13. The molecule has 0 aliphatic heterocycles. The van der Waals surface area contributed by atoms with Crippen LogP contribution in [0.3, 0.4) is 0 Å². The minimum absolute atomic E-state index is 0.00659. The van der Waals surface area contributed by atoms with E-state index in [0.717, 1.165) is 16.7 Å². The summed E-state index contributed by atoms with van der Waals surface area (Å²) in [5.74, 6) is -1.63. The van der Waals surface area contributed by atoms with Gasteiger partial charge in [0.25, 0.3) is 0 Å². The fourth-order valence-electron chi connectivity index (χ4n) is 2.76. The Morgan fingerprint density at radius 1 is 0.971 bits per heavy atom. The van der Waals surface area contributed by atoms with E-state index >= 15 is 0 Å². The SMILES string of the molecule is [N-]=[N+]=NCCOCCOCCOCC(=O)Nc1cc(CC(=O)Sc2ccccc2)cc(C(=O)O)c1. The van der Waals surface area contributed by atoms with Gasteiger partial charge in [-0.15, -0.1) is 0 Å². The van der Waals surface area contributed by atoms with E-state index in [1.807, 2.05) is 30.3 Å². The number of hydrogen-bond acceptors (Lipinski definition) is 8. The molecule has 12 heteroatoms. The number of aromatic carboxylic acids is 1. The summed E-state index contributed by atoms with van der Waals surface area (Å²) in [7, 11) is 0. The summed E-state index contributed by atoms with van der Waals surface area (Å²) in [5, 5.41) is 15.2. The Kier molecular flexibility index (Phi) is 12.9. The van der Waals surface area contributed by atoms with Gasteiger partial charge in [0.1, 0.15) is 6.61 Å². The second kappa shape index (κ2) is 16.3. The van der Waals surface area contributed by atoms with Gasteiger partial charge in [-0.05, 0) is 41.4 Å². The predicted octanol–water partition coefficient (Wildman–Crippen LogP) is 3.54. The van der Waals surface area contributed by atoms with Crippen molar-refractivity contribution in [1.82, 2.24) is 0 Å². The number of carbonyl (C=O) groups is 3. The van der Waals surface area contributed by atoms with Crippen LogP contribution in [-0.4, -0.2) is 68.3 Å². The van der Waals surface area contributed by atoms with E-state index in [9.17, 15) is 19.5 Å². The Morgan fingerprint density at radius 2 is 1.66 bits per heavy atom. The minimum Gasteiger partial charge on any atom is -0.478 e. The maximum absolute atomic E-state index is 12.4. The molecular formula is C23H26N4O7S. The third-order valence-electron chi connectivity index (χ3n) is 4.22. The highest BCUT2D eigenvalue weighted by molar-refractivity contribution is 8.13. The van der Waals surface area contributed by atoms with Gasteiger partial charge in [0.05, 0.1) is 38.6 Å². The first-order valence-electron chi connectivity index (χ1n) is 10.6. The van der Waals surface area contributed by atoms with Crippen molar-refractivity contribution in [2.24, 2.45) is 5.11 Å². The molecule has 0 aliphatic carbocycles. The molecule has 0 bridgehead atoms. The number of amides is 1. The first-order valence-corrected chi connectivity index (χ1v) is 11.5. The van der Waals surface area contributed by atoms with E-state index in [4.69, 9.17) is 19.7 Å². The Morgan fingerprint density at radius 3 is 2.34 bits per heavy atom. The molecule has 0 atom stereocenters. The number of thioether (sulfide) groups is 1. The van der Waals surface area contributed by atoms with Crippen LogP contribution in [0.4, 0.5) is 5.69 Å². The maximum Gasteiger partial charge on any atom is 0.335 e. The van der Waals surface area contributed by atoms with Crippen molar-refractivity contribution in [1.29, 1.82) is 0 Å². The van der Waals surface area contributed by atoms with Crippen LogP contribution in [0.15, 0.2) is 58.5 Å². The van der Waals surface area contributed by atoms with E-state index in [1.165, 1.54) is 12.1 Å². The minimum atomic E-state index is -1.17. The van der Waals surface area contributed by atoms with E-state index in [0.29, 0.717) is 25.4 Å². The lowest BCUT2D eigenvalue weighted by Gasteiger charge is -2.10. The molecule has 0 saturated carbocycles. The van der Waals surface area contributed by atoms with Gasteiger partial charge in [-0.2, -0.15) is 0 Å². The molecule has 2 aromatic carbocycles. The Hall–Kier alpha value is -3.41. The Balaban J connectivity index is 1.75. The van der Waals surface area contributed by atoms with Crippen molar-refractivity contribution >= 4 is 34.4 Å². The topological polar surface area (TPSA) is 160 Å². The highest BCUT2D eigenvalue weighted by Crippen LogP contribution is 2.22. The number of carbonyl (C=O) groups excluding carboxylic acids is 2.